The van der Waals surface area contributed by atoms with Gasteiger partial charge in [-0.2, -0.15) is 0 Å². The Kier molecular flexibility index (Phi) is 5.73. The summed E-state index contributed by atoms with van der Waals surface area (Å²) in [4.78, 5) is 31.6. The minimum absolute atomic E-state index is 0.0880. The van der Waals surface area contributed by atoms with Crippen molar-refractivity contribution < 1.29 is 9.21 Å². The molecule has 5 rings (SSSR count). The molecule has 0 unspecified atom stereocenters. The van der Waals surface area contributed by atoms with E-state index >= 15 is 0 Å². The highest BCUT2D eigenvalue weighted by Crippen LogP contribution is 2.28. The van der Waals surface area contributed by atoms with Crippen LogP contribution in [0.5, 0.6) is 0 Å². The van der Waals surface area contributed by atoms with Crippen LogP contribution >= 0.6 is 34.7 Å². The molecule has 0 spiro atoms. The molecule has 0 saturated heterocycles. The molecule has 6 nitrogen and oxygen atoms in total. The van der Waals surface area contributed by atoms with Crippen LogP contribution in [0.15, 0.2) is 80.4 Å². The maximum Gasteiger partial charge on any atom is 0.298 e. The molecule has 0 fully saturated rings. The van der Waals surface area contributed by atoms with Gasteiger partial charge in [-0.15, -0.1) is 11.3 Å². The summed E-state index contributed by atoms with van der Waals surface area (Å²) in [5.41, 5.74) is 1.68. The standard InChI is InChI=1S/C23H16ClN3O3S2/c24-14-5-3-6-15(11-14)25-19(28)13-32-23-26-20-17-8-1-2-9-18(17)30-21(20)22(29)27(23)12-16-7-4-10-31-16/h1-11H,12-13H2,(H,25,28). The first kappa shape index (κ1) is 20.8. The third-order valence-corrected chi connectivity index (χ3v) is 6.85. The molecular weight excluding hydrogens is 466 g/mol. The van der Waals surface area contributed by atoms with Crippen LogP contribution in [0.4, 0.5) is 5.69 Å². The molecule has 0 atom stereocenters. The average Bonchev–Trinajstić information content (AvgIpc) is 3.42. The maximum absolute atomic E-state index is 13.3. The molecule has 3 heterocycles. The third-order valence-electron chi connectivity index (χ3n) is 4.78. The highest BCUT2D eigenvalue weighted by Gasteiger charge is 2.19. The lowest BCUT2D eigenvalue weighted by molar-refractivity contribution is -0.113. The number of hydrogen-bond acceptors (Lipinski definition) is 6. The fourth-order valence-electron chi connectivity index (χ4n) is 3.35. The zero-order valence-corrected chi connectivity index (χ0v) is 19.0. The van der Waals surface area contributed by atoms with Crippen molar-refractivity contribution in [2.75, 3.05) is 11.1 Å². The van der Waals surface area contributed by atoms with Gasteiger partial charge in [0, 0.05) is 21.0 Å². The first-order valence-electron chi connectivity index (χ1n) is 9.71. The van der Waals surface area contributed by atoms with E-state index in [1.54, 1.807) is 40.2 Å². The smallest absolute Gasteiger partial charge is 0.298 e. The lowest BCUT2D eigenvalue weighted by Gasteiger charge is -2.11. The molecule has 0 saturated carbocycles. The summed E-state index contributed by atoms with van der Waals surface area (Å²) in [5.74, 6) is -0.128. The SMILES string of the molecule is O=C(CSc1nc2c(oc3ccccc32)c(=O)n1Cc1cccs1)Nc1cccc(Cl)c1. The van der Waals surface area contributed by atoms with E-state index in [0.29, 0.717) is 33.5 Å². The number of benzene rings is 2. The van der Waals surface area contributed by atoms with Gasteiger partial charge in [-0.25, -0.2) is 4.98 Å². The minimum atomic E-state index is -0.266. The normalized spacial score (nSPS) is 11.3. The van der Waals surface area contributed by atoms with Gasteiger partial charge in [-0.1, -0.05) is 47.6 Å². The molecule has 2 aromatic carbocycles. The second-order valence-electron chi connectivity index (χ2n) is 6.99. The predicted octanol–water partition coefficient (Wildman–Crippen LogP) is 5.64. The number of thiophene rings is 1. The Balaban J connectivity index is 1.50. The lowest BCUT2D eigenvalue weighted by atomic mass is 10.2. The number of furan rings is 1. The van der Waals surface area contributed by atoms with Crippen LogP contribution in [0.2, 0.25) is 5.02 Å². The number of halogens is 1. The summed E-state index contributed by atoms with van der Waals surface area (Å²) >= 11 is 8.75. The van der Waals surface area contributed by atoms with Gasteiger partial charge in [-0.3, -0.25) is 14.2 Å². The summed E-state index contributed by atoms with van der Waals surface area (Å²) in [6.45, 7) is 0.356. The number of carbonyl (C=O) groups excluding carboxylic acids is 1. The van der Waals surface area contributed by atoms with Crippen molar-refractivity contribution in [1.82, 2.24) is 9.55 Å². The molecule has 1 amide bonds. The number of fused-ring (bicyclic) bond motifs is 3. The number of anilines is 1. The van der Waals surface area contributed by atoms with Gasteiger partial charge in [0.05, 0.1) is 12.3 Å². The van der Waals surface area contributed by atoms with Crippen molar-refractivity contribution in [3.8, 4) is 0 Å². The van der Waals surface area contributed by atoms with Crippen LogP contribution in [0.25, 0.3) is 22.1 Å². The van der Waals surface area contributed by atoms with E-state index in [9.17, 15) is 9.59 Å². The van der Waals surface area contributed by atoms with E-state index in [1.165, 1.54) is 11.8 Å². The van der Waals surface area contributed by atoms with Crippen molar-refractivity contribution in [1.29, 1.82) is 0 Å². The Hall–Kier alpha value is -3.07. The first-order valence-corrected chi connectivity index (χ1v) is 12.0. The maximum atomic E-state index is 13.3. The number of thioether (sulfide) groups is 1. The van der Waals surface area contributed by atoms with Crippen molar-refractivity contribution in [2.45, 2.75) is 11.7 Å². The number of nitrogens with zero attached hydrogens (tertiary/aromatic N) is 2. The molecule has 0 aliphatic heterocycles. The summed E-state index contributed by atoms with van der Waals surface area (Å²) < 4.78 is 7.38. The van der Waals surface area contributed by atoms with Crippen LogP contribution in [-0.2, 0) is 11.3 Å². The minimum Gasteiger partial charge on any atom is -0.448 e. The predicted molar refractivity (Wildman–Crippen MR) is 130 cm³/mol. The van der Waals surface area contributed by atoms with E-state index in [-0.39, 0.29) is 22.8 Å². The molecule has 1 N–H and O–H groups in total. The van der Waals surface area contributed by atoms with Gasteiger partial charge in [0.25, 0.3) is 5.56 Å². The van der Waals surface area contributed by atoms with Crippen LogP contribution in [-0.4, -0.2) is 21.2 Å². The van der Waals surface area contributed by atoms with Gasteiger partial charge in [0.2, 0.25) is 11.5 Å². The zero-order valence-electron chi connectivity index (χ0n) is 16.6. The monoisotopic (exact) mass is 481 g/mol. The molecule has 9 heteroatoms. The average molecular weight is 482 g/mol. The summed E-state index contributed by atoms with van der Waals surface area (Å²) in [7, 11) is 0. The Morgan fingerprint density at radius 1 is 1.16 bits per heavy atom. The fraction of sp³-hybridized carbons (Fsp3) is 0.0870. The molecule has 3 aromatic heterocycles. The van der Waals surface area contributed by atoms with Gasteiger partial charge in [0.1, 0.15) is 11.1 Å². The highest BCUT2D eigenvalue weighted by molar-refractivity contribution is 7.99. The van der Waals surface area contributed by atoms with E-state index < -0.39 is 0 Å². The fourth-order valence-corrected chi connectivity index (χ4v) is 5.03. The summed E-state index contributed by atoms with van der Waals surface area (Å²) in [6.07, 6.45) is 0. The molecule has 32 heavy (non-hydrogen) atoms. The molecule has 0 bridgehead atoms. The molecular formula is C23H16ClN3O3S2. The number of nitrogens with one attached hydrogen (secondary N) is 1. The van der Waals surface area contributed by atoms with E-state index in [1.807, 2.05) is 41.8 Å². The zero-order chi connectivity index (χ0) is 22.1. The van der Waals surface area contributed by atoms with Gasteiger partial charge < -0.3 is 9.73 Å². The topological polar surface area (TPSA) is 77.1 Å². The van der Waals surface area contributed by atoms with Gasteiger partial charge in [0.15, 0.2) is 5.16 Å². The molecule has 0 radical (unpaired) electrons. The molecule has 5 aromatic rings. The van der Waals surface area contributed by atoms with Crippen molar-refractivity contribution >= 4 is 68.4 Å². The second-order valence-corrected chi connectivity index (χ2v) is 9.40. The highest BCUT2D eigenvalue weighted by atomic mass is 35.5. The number of carbonyl (C=O) groups is 1. The number of hydrogen-bond donors (Lipinski definition) is 1. The summed E-state index contributed by atoms with van der Waals surface area (Å²) in [6, 6.07) is 18.3. The van der Waals surface area contributed by atoms with Crippen LogP contribution in [0.3, 0.4) is 0 Å². The summed E-state index contributed by atoms with van der Waals surface area (Å²) in [5, 5.41) is 6.55. The quantitative estimate of drug-likeness (QED) is 0.251. The van der Waals surface area contributed by atoms with E-state index in [4.69, 9.17) is 21.0 Å². The lowest BCUT2D eigenvalue weighted by Crippen LogP contribution is -2.24. The van der Waals surface area contributed by atoms with Crippen LogP contribution in [0.1, 0.15) is 4.88 Å². The van der Waals surface area contributed by atoms with Crippen molar-refractivity contribution in [3.63, 3.8) is 0 Å². The van der Waals surface area contributed by atoms with Crippen molar-refractivity contribution in [3.05, 3.63) is 86.3 Å². The van der Waals surface area contributed by atoms with Crippen LogP contribution < -0.4 is 10.9 Å². The van der Waals surface area contributed by atoms with Crippen molar-refractivity contribution in [2.24, 2.45) is 0 Å². The largest absolute Gasteiger partial charge is 0.448 e. The second kappa shape index (κ2) is 8.82. The van der Waals surface area contributed by atoms with E-state index in [2.05, 4.69) is 5.32 Å². The Morgan fingerprint density at radius 2 is 2.03 bits per heavy atom. The molecule has 0 aliphatic carbocycles. The Labute approximate surface area is 195 Å². The van der Waals surface area contributed by atoms with Gasteiger partial charge >= 0.3 is 0 Å². The molecule has 160 valence electrons. The number of amides is 1. The van der Waals surface area contributed by atoms with Gasteiger partial charge in [-0.05, 0) is 41.8 Å². The van der Waals surface area contributed by atoms with Crippen LogP contribution in [0, 0.1) is 0 Å². The Morgan fingerprint density at radius 3 is 2.84 bits per heavy atom. The number of aromatic nitrogens is 2. The number of para-hydroxylation sites is 1. The first-order chi connectivity index (χ1) is 15.6. The third kappa shape index (κ3) is 4.17. The number of rotatable bonds is 6. The Bertz CT molecular complexity index is 1490. The molecule has 0 aliphatic rings. The van der Waals surface area contributed by atoms with E-state index in [0.717, 1.165) is 10.3 Å².